The number of aliphatic hydroxyl groups excluding tert-OH is 1. The maximum Gasteiger partial charge on any atom is 0.275 e. The molecule has 2 heterocycles. The van der Waals surface area contributed by atoms with Gasteiger partial charge in [0.05, 0.1) is 6.10 Å². The lowest BCUT2D eigenvalue weighted by Crippen LogP contribution is -2.40. The number of carbonyl (C=O) groups is 1. The summed E-state index contributed by atoms with van der Waals surface area (Å²) in [6.07, 6.45) is 2.37. The Morgan fingerprint density at radius 3 is 2.96 bits per heavy atom. The standard InChI is InChI=1S/C19H23FN4O2/c1-11-5-6-17(15(20)7-11)24-16-4-2-3-14(16)18(22-24)19(26)23-10-13(25)8-12(23)9-21/h5-7,12-13,25H,2-4,8-10,21H2,1H3/t12-,13-/m1/s1. The maximum absolute atomic E-state index is 14.5. The Labute approximate surface area is 151 Å². The number of aliphatic hydroxyl groups is 1. The minimum absolute atomic E-state index is 0.184. The van der Waals surface area contributed by atoms with Crippen molar-refractivity contribution < 1.29 is 14.3 Å². The minimum Gasteiger partial charge on any atom is -0.391 e. The van der Waals surface area contributed by atoms with Gasteiger partial charge in [0.15, 0.2) is 5.69 Å². The van der Waals surface area contributed by atoms with Gasteiger partial charge in [-0.2, -0.15) is 5.10 Å². The lowest BCUT2D eigenvalue weighted by molar-refractivity contribution is 0.0713. The van der Waals surface area contributed by atoms with Crippen molar-refractivity contribution in [3.8, 4) is 5.69 Å². The Morgan fingerprint density at radius 1 is 1.42 bits per heavy atom. The first kappa shape index (κ1) is 17.2. The van der Waals surface area contributed by atoms with Gasteiger partial charge in [-0.3, -0.25) is 4.79 Å². The fourth-order valence-corrected chi connectivity index (χ4v) is 4.09. The number of hydrogen-bond acceptors (Lipinski definition) is 4. The monoisotopic (exact) mass is 358 g/mol. The normalized spacial score (nSPS) is 22.1. The van der Waals surface area contributed by atoms with Gasteiger partial charge >= 0.3 is 0 Å². The smallest absolute Gasteiger partial charge is 0.275 e. The number of aryl methyl sites for hydroxylation is 1. The van der Waals surface area contributed by atoms with Crippen LogP contribution in [0.15, 0.2) is 18.2 Å². The zero-order valence-corrected chi connectivity index (χ0v) is 14.8. The molecule has 1 aliphatic heterocycles. The summed E-state index contributed by atoms with van der Waals surface area (Å²) >= 11 is 0. The van der Waals surface area contributed by atoms with E-state index in [1.54, 1.807) is 15.6 Å². The van der Waals surface area contributed by atoms with Crippen molar-refractivity contribution in [2.75, 3.05) is 13.1 Å². The van der Waals surface area contributed by atoms with Gasteiger partial charge in [-0.25, -0.2) is 9.07 Å². The molecular weight excluding hydrogens is 335 g/mol. The van der Waals surface area contributed by atoms with Crippen LogP contribution >= 0.6 is 0 Å². The molecular formula is C19H23FN4O2. The van der Waals surface area contributed by atoms with Crippen LogP contribution in [0.2, 0.25) is 0 Å². The number of likely N-dealkylation sites (tertiary alicyclic amines) is 1. The number of aromatic nitrogens is 2. The number of benzene rings is 1. The van der Waals surface area contributed by atoms with Gasteiger partial charge in [0.1, 0.15) is 11.5 Å². The van der Waals surface area contributed by atoms with E-state index in [1.807, 2.05) is 13.0 Å². The molecule has 3 N–H and O–H groups in total. The number of nitrogens with two attached hydrogens (primary N) is 1. The second kappa shape index (κ2) is 6.48. The molecule has 7 heteroatoms. The summed E-state index contributed by atoms with van der Waals surface area (Å²) in [4.78, 5) is 14.7. The van der Waals surface area contributed by atoms with Crippen LogP contribution in [0.4, 0.5) is 4.39 Å². The van der Waals surface area contributed by atoms with Gasteiger partial charge in [-0.05, 0) is 50.3 Å². The SMILES string of the molecule is Cc1ccc(-n2nc(C(=O)N3C[C@H](O)C[C@@H]3CN)c3c2CCC3)c(F)c1. The van der Waals surface area contributed by atoms with Crippen LogP contribution in [0.3, 0.4) is 0 Å². The Hall–Kier alpha value is -2.25. The third-order valence-corrected chi connectivity index (χ3v) is 5.39. The van der Waals surface area contributed by atoms with Crippen molar-refractivity contribution in [1.82, 2.24) is 14.7 Å². The van der Waals surface area contributed by atoms with Crippen LogP contribution in [-0.4, -0.2) is 50.9 Å². The molecule has 1 fully saturated rings. The van der Waals surface area contributed by atoms with E-state index >= 15 is 0 Å². The summed E-state index contributed by atoms with van der Waals surface area (Å²) in [6, 6.07) is 4.83. The van der Waals surface area contributed by atoms with E-state index in [2.05, 4.69) is 5.10 Å². The Morgan fingerprint density at radius 2 is 2.23 bits per heavy atom. The Kier molecular flexibility index (Phi) is 4.28. The maximum atomic E-state index is 14.5. The van der Waals surface area contributed by atoms with Gasteiger partial charge in [0.25, 0.3) is 5.91 Å². The van der Waals surface area contributed by atoms with Crippen molar-refractivity contribution in [3.63, 3.8) is 0 Å². The first-order valence-electron chi connectivity index (χ1n) is 9.06. The van der Waals surface area contributed by atoms with Gasteiger partial charge in [0, 0.05) is 30.4 Å². The minimum atomic E-state index is -0.558. The highest BCUT2D eigenvalue weighted by Crippen LogP contribution is 2.31. The van der Waals surface area contributed by atoms with Crippen molar-refractivity contribution in [2.24, 2.45) is 5.73 Å². The summed E-state index contributed by atoms with van der Waals surface area (Å²) < 4.78 is 16.1. The van der Waals surface area contributed by atoms with Crippen LogP contribution in [0.5, 0.6) is 0 Å². The summed E-state index contributed by atoms with van der Waals surface area (Å²) in [5.41, 5.74) is 9.13. The van der Waals surface area contributed by atoms with Gasteiger partial charge in [0.2, 0.25) is 0 Å². The molecule has 0 radical (unpaired) electrons. The van der Waals surface area contributed by atoms with Gasteiger partial charge < -0.3 is 15.7 Å². The molecule has 1 aromatic heterocycles. The molecule has 26 heavy (non-hydrogen) atoms. The van der Waals surface area contributed by atoms with Crippen LogP contribution in [0.1, 0.15) is 40.2 Å². The molecule has 0 bridgehead atoms. The quantitative estimate of drug-likeness (QED) is 0.867. The van der Waals surface area contributed by atoms with E-state index in [4.69, 9.17) is 5.73 Å². The lowest BCUT2D eigenvalue weighted by Gasteiger charge is -2.22. The van der Waals surface area contributed by atoms with E-state index < -0.39 is 6.10 Å². The second-order valence-electron chi connectivity index (χ2n) is 7.23. The first-order valence-corrected chi connectivity index (χ1v) is 9.06. The summed E-state index contributed by atoms with van der Waals surface area (Å²) in [6.45, 7) is 2.40. The van der Waals surface area contributed by atoms with Crippen molar-refractivity contribution in [2.45, 2.75) is 44.8 Å². The molecule has 4 rings (SSSR count). The molecule has 1 aliphatic carbocycles. The van der Waals surface area contributed by atoms with E-state index in [0.29, 0.717) is 24.3 Å². The number of halogens is 1. The average molecular weight is 358 g/mol. The number of fused-ring (bicyclic) bond motifs is 1. The highest BCUT2D eigenvalue weighted by Gasteiger charge is 2.37. The molecule has 138 valence electrons. The molecule has 1 amide bonds. The van der Waals surface area contributed by atoms with Crippen LogP contribution in [0, 0.1) is 12.7 Å². The zero-order chi connectivity index (χ0) is 18.4. The van der Waals surface area contributed by atoms with Crippen LogP contribution < -0.4 is 5.73 Å². The Bertz CT molecular complexity index is 863. The second-order valence-corrected chi connectivity index (χ2v) is 7.23. The molecule has 1 aromatic carbocycles. The summed E-state index contributed by atoms with van der Waals surface area (Å²) in [7, 11) is 0. The number of nitrogens with zero attached hydrogens (tertiary/aromatic N) is 3. The summed E-state index contributed by atoms with van der Waals surface area (Å²) in [5.74, 6) is -0.570. The molecule has 2 atom stereocenters. The number of carbonyl (C=O) groups excluding carboxylic acids is 1. The topological polar surface area (TPSA) is 84.4 Å². The van der Waals surface area contributed by atoms with Crippen molar-refractivity contribution >= 4 is 5.91 Å². The largest absolute Gasteiger partial charge is 0.391 e. The molecule has 2 aliphatic rings. The highest BCUT2D eigenvalue weighted by molar-refractivity contribution is 5.94. The highest BCUT2D eigenvalue weighted by atomic mass is 19.1. The van der Waals surface area contributed by atoms with E-state index in [1.165, 1.54) is 6.07 Å². The first-order chi connectivity index (χ1) is 12.5. The fourth-order valence-electron chi connectivity index (χ4n) is 4.09. The number of hydrogen-bond donors (Lipinski definition) is 2. The molecule has 6 nitrogen and oxygen atoms in total. The predicted octanol–water partition coefficient (Wildman–Crippen LogP) is 1.34. The van der Waals surface area contributed by atoms with Crippen LogP contribution in [-0.2, 0) is 12.8 Å². The molecule has 0 spiro atoms. The van der Waals surface area contributed by atoms with Crippen molar-refractivity contribution in [1.29, 1.82) is 0 Å². The molecule has 1 saturated heterocycles. The fraction of sp³-hybridized carbons (Fsp3) is 0.474. The van der Waals surface area contributed by atoms with Gasteiger partial charge in [-0.15, -0.1) is 0 Å². The average Bonchev–Trinajstić information content (AvgIpc) is 3.29. The summed E-state index contributed by atoms with van der Waals surface area (Å²) in [5, 5.41) is 14.4. The lowest BCUT2D eigenvalue weighted by atomic mass is 10.1. The Balaban J connectivity index is 1.76. The third kappa shape index (κ3) is 2.71. The number of rotatable bonds is 3. The number of β-amino-alcohol motifs (C(OH)–C–C–N with tert-alkyl or cyclic N) is 1. The third-order valence-electron chi connectivity index (χ3n) is 5.39. The van der Waals surface area contributed by atoms with Crippen molar-refractivity contribution in [3.05, 3.63) is 46.5 Å². The molecule has 0 unspecified atom stereocenters. The zero-order valence-electron chi connectivity index (χ0n) is 14.8. The van der Waals surface area contributed by atoms with E-state index in [9.17, 15) is 14.3 Å². The van der Waals surface area contributed by atoms with E-state index in [-0.39, 0.29) is 24.3 Å². The molecule has 0 saturated carbocycles. The predicted molar refractivity (Wildman–Crippen MR) is 94.8 cm³/mol. The van der Waals surface area contributed by atoms with E-state index in [0.717, 1.165) is 36.1 Å². The molecule has 2 aromatic rings. The van der Waals surface area contributed by atoms with Gasteiger partial charge in [-0.1, -0.05) is 6.07 Å². The number of amides is 1. The van der Waals surface area contributed by atoms with Crippen LogP contribution in [0.25, 0.3) is 5.69 Å².